The van der Waals surface area contributed by atoms with Gasteiger partial charge >= 0.3 is 0 Å². The molecule has 5 heteroatoms. The summed E-state index contributed by atoms with van der Waals surface area (Å²) in [7, 11) is 0. The zero-order valence-corrected chi connectivity index (χ0v) is 12.9. The normalized spacial score (nSPS) is 13.8. The van der Waals surface area contributed by atoms with Gasteiger partial charge in [-0.05, 0) is 38.3 Å². The summed E-state index contributed by atoms with van der Waals surface area (Å²) >= 11 is 0. The smallest absolute Gasteiger partial charge is 0.253 e. The van der Waals surface area contributed by atoms with Gasteiger partial charge < -0.3 is 4.90 Å². The minimum atomic E-state index is -0.193. The second-order valence-electron chi connectivity index (χ2n) is 5.78. The minimum absolute atomic E-state index is 0.0272. The van der Waals surface area contributed by atoms with E-state index in [1.165, 1.54) is 28.1 Å². The highest BCUT2D eigenvalue weighted by molar-refractivity contribution is 5.94. The molecule has 0 bridgehead atoms. The highest BCUT2D eigenvalue weighted by atomic mass is 16.2. The number of aryl methyl sites for hydroxylation is 3. The van der Waals surface area contributed by atoms with Crippen molar-refractivity contribution in [2.75, 3.05) is 11.4 Å². The first kappa shape index (κ1) is 14.5. The van der Waals surface area contributed by atoms with E-state index >= 15 is 0 Å². The average Bonchev–Trinajstić information content (AvgIpc) is 2.49. The quantitative estimate of drug-likeness (QED) is 0.850. The maximum Gasteiger partial charge on any atom is 0.253 e. The zero-order valence-electron chi connectivity index (χ0n) is 12.9. The number of benzene rings is 1. The summed E-state index contributed by atoms with van der Waals surface area (Å²) in [6.45, 7) is 4.54. The number of hydrogen-bond donors (Lipinski definition) is 0. The maximum absolute atomic E-state index is 12.6. The summed E-state index contributed by atoms with van der Waals surface area (Å²) in [6, 6.07) is 7.59. The van der Waals surface area contributed by atoms with Gasteiger partial charge in [0.1, 0.15) is 6.54 Å². The van der Waals surface area contributed by atoms with Crippen LogP contribution in [0.4, 0.5) is 5.69 Å². The van der Waals surface area contributed by atoms with E-state index < -0.39 is 0 Å². The highest BCUT2D eigenvalue weighted by Gasteiger charge is 2.22. The molecule has 0 atom stereocenters. The molecule has 2 aromatic rings. The first-order valence-electron chi connectivity index (χ1n) is 7.47. The summed E-state index contributed by atoms with van der Waals surface area (Å²) in [6.07, 6.45) is 3.38. The molecule has 1 aromatic carbocycles. The van der Waals surface area contributed by atoms with Crippen LogP contribution in [0.3, 0.4) is 0 Å². The van der Waals surface area contributed by atoms with E-state index in [4.69, 9.17) is 0 Å². The molecule has 0 saturated carbocycles. The molecule has 1 aliphatic rings. The van der Waals surface area contributed by atoms with E-state index in [0.717, 1.165) is 18.5 Å². The molecule has 0 radical (unpaired) electrons. The molecule has 1 amide bonds. The largest absolute Gasteiger partial charge is 0.311 e. The molecule has 1 aromatic heterocycles. The topological polar surface area (TPSA) is 55.2 Å². The molecular formula is C17H19N3O2. The Kier molecular flexibility index (Phi) is 3.79. The molecule has 0 fully saturated rings. The molecule has 5 nitrogen and oxygen atoms in total. The lowest BCUT2D eigenvalue weighted by Crippen LogP contribution is -2.39. The molecule has 0 aliphatic carbocycles. The molecule has 22 heavy (non-hydrogen) atoms. The number of amides is 1. The van der Waals surface area contributed by atoms with Gasteiger partial charge in [-0.2, -0.15) is 0 Å². The fourth-order valence-corrected chi connectivity index (χ4v) is 2.85. The Bertz CT molecular complexity index is 780. The van der Waals surface area contributed by atoms with Crippen LogP contribution in [0.1, 0.15) is 23.2 Å². The van der Waals surface area contributed by atoms with Crippen molar-refractivity contribution in [1.82, 2.24) is 9.55 Å². The van der Waals surface area contributed by atoms with Crippen LogP contribution in [0, 0.1) is 13.8 Å². The third-order valence-corrected chi connectivity index (χ3v) is 3.98. The Labute approximate surface area is 129 Å². The molecule has 0 N–H and O–H groups in total. The number of fused-ring (bicyclic) bond motifs is 1. The van der Waals surface area contributed by atoms with Crippen molar-refractivity contribution in [2.45, 2.75) is 33.2 Å². The average molecular weight is 297 g/mol. The summed E-state index contributed by atoms with van der Waals surface area (Å²) in [5, 5.41) is 0. The molecule has 3 rings (SSSR count). The highest BCUT2D eigenvalue weighted by Crippen LogP contribution is 2.28. The molecule has 2 heterocycles. The van der Waals surface area contributed by atoms with Crippen LogP contribution in [0.15, 0.2) is 35.4 Å². The van der Waals surface area contributed by atoms with Crippen molar-refractivity contribution in [3.05, 3.63) is 57.8 Å². The van der Waals surface area contributed by atoms with Gasteiger partial charge in [0.15, 0.2) is 0 Å². The number of hydrogen-bond acceptors (Lipinski definition) is 3. The van der Waals surface area contributed by atoms with Crippen LogP contribution in [0.25, 0.3) is 0 Å². The first-order chi connectivity index (χ1) is 10.5. The summed E-state index contributed by atoms with van der Waals surface area (Å²) in [5.74, 6) is -0.0717. The molecular weight excluding hydrogens is 278 g/mol. The van der Waals surface area contributed by atoms with E-state index in [-0.39, 0.29) is 18.0 Å². The second-order valence-corrected chi connectivity index (χ2v) is 5.78. The zero-order chi connectivity index (χ0) is 15.7. The van der Waals surface area contributed by atoms with Crippen LogP contribution in [0.2, 0.25) is 0 Å². The van der Waals surface area contributed by atoms with Gasteiger partial charge in [0.2, 0.25) is 5.91 Å². The van der Waals surface area contributed by atoms with Gasteiger partial charge in [0, 0.05) is 24.0 Å². The number of carbonyl (C=O) groups is 1. The van der Waals surface area contributed by atoms with E-state index in [0.29, 0.717) is 12.2 Å². The van der Waals surface area contributed by atoms with Crippen molar-refractivity contribution in [3.8, 4) is 0 Å². The summed E-state index contributed by atoms with van der Waals surface area (Å²) in [5.41, 5.74) is 3.84. The molecule has 1 aliphatic heterocycles. The summed E-state index contributed by atoms with van der Waals surface area (Å²) < 4.78 is 1.36. The van der Waals surface area contributed by atoms with E-state index in [1.807, 2.05) is 12.1 Å². The van der Waals surface area contributed by atoms with Gasteiger partial charge in [-0.1, -0.05) is 17.7 Å². The van der Waals surface area contributed by atoms with Crippen molar-refractivity contribution < 1.29 is 4.79 Å². The van der Waals surface area contributed by atoms with Crippen LogP contribution >= 0.6 is 0 Å². The van der Waals surface area contributed by atoms with Crippen LogP contribution in [-0.4, -0.2) is 22.0 Å². The third kappa shape index (κ3) is 2.79. The van der Waals surface area contributed by atoms with Crippen molar-refractivity contribution in [1.29, 1.82) is 0 Å². The van der Waals surface area contributed by atoms with E-state index in [2.05, 4.69) is 18.0 Å². The predicted molar refractivity (Wildman–Crippen MR) is 85.1 cm³/mol. The second kappa shape index (κ2) is 5.75. The number of anilines is 1. The van der Waals surface area contributed by atoms with Gasteiger partial charge in [0.05, 0.1) is 6.33 Å². The number of carbonyl (C=O) groups excluding carboxylic acids is 1. The van der Waals surface area contributed by atoms with Crippen molar-refractivity contribution >= 4 is 11.6 Å². The van der Waals surface area contributed by atoms with Gasteiger partial charge in [-0.3, -0.25) is 14.2 Å². The molecule has 0 spiro atoms. The predicted octanol–water partition coefficient (Wildman–Crippen LogP) is 1.84. The minimum Gasteiger partial charge on any atom is -0.311 e. The SMILES string of the molecule is Cc1ccc2c(c1)CCCN2C(=O)Cn1cnc(C)cc1=O. The monoisotopic (exact) mass is 297 g/mol. The molecule has 0 saturated heterocycles. The van der Waals surface area contributed by atoms with E-state index in [9.17, 15) is 9.59 Å². The lowest BCUT2D eigenvalue weighted by molar-refractivity contribution is -0.119. The van der Waals surface area contributed by atoms with Gasteiger partial charge in [-0.25, -0.2) is 4.98 Å². The standard InChI is InChI=1S/C17H19N3O2/c1-12-5-6-15-14(8-12)4-3-7-20(15)17(22)10-19-11-18-13(2)9-16(19)21/h5-6,8-9,11H,3-4,7,10H2,1-2H3. The van der Waals surface area contributed by atoms with Crippen molar-refractivity contribution in [2.24, 2.45) is 0 Å². The Morgan fingerprint density at radius 3 is 2.86 bits per heavy atom. The first-order valence-corrected chi connectivity index (χ1v) is 7.47. The lowest BCUT2D eigenvalue weighted by atomic mass is 9.99. The number of nitrogens with zero attached hydrogens (tertiary/aromatic N) is 3. The fraction of sp³-hybridized carbons (Fsp3) is 0.353. The maximum atomic E-state index is 12.6. The number of rotatable bonds is 2. The van der Waals surface area contributed by atoms with Gasteiger partial charge in [0.25, 0.3) is 5.56 Å². The summed E-state index contributed by atoms with van der Waals surface area (Å²) in [4.78, 5) is 30.4. The van der Waals surface area contributed by atoms with Crippen LogP contribution in [0.5, 0.6) is 0 Å². The van der Waals surface area contributed by atoms with Crippen LogP contribution in [-0.2, 0) is 17.8 Å². The Morgan fingerprint density at radius 1 is 1.27 bits per heavy atom. The van der Waals surface area contributed by atoms with Crippen LogP contribution < -0.4 is 10.5 Å². The molecule has 114 valence electrons. The Balaban J connectivity index is 1.86. The van der Waals surface area contributed by atoms with E-state index in [1.54, 1.807) is 11.8 Å². The Hall–Kier alpha value is -2.43. The van der Waals surface area contributed by atoms with Crippen molar-refractivity contribution in [3.63, 3.8) is 0 Å². The fourth-order valence-electron chi connectivity index (χ4n) is 2.85. The Morgan fingerprint density at radius 2 is 2.09 bits per heavy atom. The number of aromatic nitrogens is 2. The third-order valence-electron chi connectivity index (χ3n) is 3.98. The van der Waals surface area contributed by atoms with Gasteiger partial charge in [-0.15, -0.1) is 0 Å². The lowest BCUT2D eigenvalue weighted by Gasteiger charge is -2.30. The molecule has 0 unspecified atom stereocenters.